The average molecular weight is 234 g/mol. The molecule has 1 aromatic carbocycles. The highest BCUT2D eigenvalue weighted by Gasteiger charge is 2.24. The molecule has 3 nitrogen and oxygen atoms in total. The van der Waals surface area contributed by atoms with Gasteiger partial charge >= 0.3 is 0 Å². The predicted octanol–water partition coefficient (Wildman–Crippen LogP) is 2.46. The van der Waals surface area contributed by atoms with Crippen molar-refractivity contribution in [3.63, 3.8) is 0 Å². The lowest BCUT2D eigenvalue weighted by molar-refractivity contribution is -0.110. The molecule has 0 spiro atoms. The molecule has 0 atom stereocenters. The summed E-state index contributed by atoms with van der Waals surface area (Å²) < 4.78 is 13.2. The number of carbonyl (C=O) groups is 1. The molecule has 1 heterocycles. The number of anilines is 1. The Morgan fingerprint density at radius 2 is 2.06 bits per heavy atom. The fourth-order valence-electron chi connectivity index (χ4n) is 1.88. The Labute approximate surface area is 99.9 Å². The van der Waals surface area contributed by atoms with E-state index in [0.717, 1.165) is 13.1 Å². The van der Waals surface area contributed by atoms with Crippen LogP contribution in [0.3, 0.4) is 0 Å². The number of carbonyl (C=O) groups excluding carboxylic acids is 1. The van der Waals surface area contributed by atoms with Gasteiger partial charge < -0.3 is 10.2 Å². The first kappa shape index (κ1) is 11.6. The zero-order valence-corrected chi connectivity index (χ0v) is 9.96. The van der Waals surface area contributed by atoms with Crippen molar-refractivity contribution in [2.24, 2.45) is 0 Å². The van der Waals surface area contributed by atoms with Crippen LogP contribution in [0.15, 0.2) is 24.4 Å². The first-order valence-corrected chi connectivity index (χ1v) is 5.72. The fraction of sp³-hybridized carbons (Fsp3) is 0.308. The van der Waals surface area contributed by atoms with E-state index in [9.17, 15) is 9.18 Å². The number of fused-ring (bicyclic) bond motifs is 1. The quantitative estimate of drug-likeness (QED) is 0.815. The van der Waals surface area contributed by atoms with Crippen LogP contribution in [-0.2, 0) is 4.79 Å². The lowest BCUT2D eigenvalue weighted by Gasteiger charge is -2.15. The topological polar surface area (TPSA) is 32.3 Å². The van der Waals surface area contributed by atoms with Crippen LogP contribution in [0.25, 0.3) is 5.57 Å². The summed E-state index contributed by atoms with van der Waals surface area (Å²) in [5.74, 6) is -0.497. The minimum atomic E-state index is -0.328. The van der Waals surface area contributed by atoms with Crippen LogP contribution in [-0.4, -0.2) is 23.9 Å². The predicted molar refractivity (Wildman–Crippen MR) is 65.9 cm³/mol. The summed E-state index contributed by atoms with van der Waals surface area (Å²) in [7, 11) is 0. The van der Waals surface area contributed by atoms with Gasteiger partial charge in [0.15, 0.2) is 0 Å². The van der Waals surface area contributed by atoms with Gasteiger partial charge in [0.25, 0.3) is 5.91 Å². The second kappa shape index (κ2) is 4.57. The van der Waals surface area contributed by atoms with Gasteiger partial charge in [-0.1, -0.05) is 0 Å². The van der Waals surface area contributed by atoms with E-state index in [4.69, 9.17) is 0 Å². The molecular weight excluding hydrogens is 219 g/mol. The molecule has 0 unspecified atom stereocenters. The summed E-state index contributed by atoms with van der Waals surface area (Å²) in [5, 5.41) is 2.73. The summed E-state index contributed by atoms with van der Waals surface area (Å²) in [5.41, 5.74) is 1.85. The van der Waals surface area contributed by atoms with Gasteiger partial charge in [-0.15, -0.1) is 0 Å². The molecule has 4 heteroatoms. The van der Waals surface area contributed by atoms with Crippen molar-refractivity contribution < 1.29 is 9.18 Å². The second-order valence-electron chi connectivity index (χ2n) is 3.91. The van der Waals surface area contributed by atoms with E-state index in [2.05, 4.69) is 5.32 Å². The van der Waals surface area contributed by atoms with Crippen LogP contribution >= 0.6 is 0 Å². The normalized spacial score (nSPS) is 15.9. The highest BCUT2D eigenvalue weighted by molar-refractivity contribution is 6.31. The molecule has 2 rings (SSSR count). The molecule has 1 amide bonds. The van der Waals surface area contributed by atoms with Crippen LogP contribution in [0.5, 0.6) is 0 Å². The molecule has 0 radical (unpaired) electrons. The Morgan fingerprint density at radius 1 is 1.35 bits per heavy atom. The molecule has 1 aromatic rings. The van der Waals surface area contributed by atoms with E-state index < -0.39 is 0 Å². The maximum Gasteiger partial charge on any atom is 0.257 e. The van der Waals surface area contributed by atoms with Crippen molar-refractivity contribution in [1.82, 2.24) is 4.90 Å². The van der Waals surface area contributed by atoms with Crippen molar-refractivity contribution in [3.05, 3.63) is 35.8 Å². The molecule has 90 valence electrons. The van der Waals surface area contributed by atoms with Crippen LogP contribution in [0.2, 0.25) is 0 Å². The second-order valence-corrected chi connectivity index (χ2v) is 3.91. The maximum atomic E-state index is 13.2. The molecule has 17 heavy (non-hydrogen) atoms. The lowest BCUT2D eigenvalue weighted by atomic mass is 10.1. The van der Waals surface area contributed by atoms with Gasteiger partial charge in [0, 0.05) is 30.5 Å². The molecule has 0 saturated heterocycles. The Balaban J connectivity index is 2.43. The van der Waals surface area contributed by atoms with Gasteiger partial charge in [0.1, 0.15) is 5.82 Å². The Hall–Kier alpha value is -1.84. The zero-order valence-electron chi connectivity index (χ0n) is 9.96. The van der Waals surface area contributed by atoms with Crippen LogP contribution in [0.1, 0.15) is 19.4 Å². The smallest absolute Gasteiger partial charge is 0.257 e. The number of nitrogens with one attached hydrogen (secondary N) is 1. The first-order valence-electron chi connectivity index (χ1n) is 5.72. The lowest BCUT2D eigenvalue weighted by Crippen LogP contribution is -2.17. The number of nitrogens with zero attached hydrogens (tertiary/aromatic N) is 1. The van der Waals surface area contributed by atoms with Crippen LogP contribution < -0.4 is 5.32 Å². The Kier molecular flexibility index (Phi) is 3.13. The number of amides is 1. The first-order chi connectivity index (χ1) is 8.15. The molecular formula is C13H15FN2O. The average Bonchev–Trinajstić information content (AvgIpc) is 2.62. The van der Waals surface area contributed by atoms with Gasteiger partial charge in [-0.3, -0.25) is 4.79 Å². The number of halogens is 1. The molecule has 1 N–H and O–H groups in total. The molecule has 1 aliphatic rings. The molecule has 0 aromatic heterocycles. The maximum absolute atomic E-state index is 13.2. The number of hydrogen-bond acceptors (Lipinski definition) is 2. The number of hydrogen-bond donors (Lipinski definition) is 1. The van der Waals surface area contributed by atoms with E-state index >= 15 is 0 Å². The van der Waals surface area contributed by atoms with E-state index in [1.807, 2.05) is 18.7 Å². The van der Waals surface area contributed by atoms with E-state index in [-0.39, 0.29) is 11.7 Å². The van der Waals surface area contributed by atoms with Gasteiger partial charge in [0.05, 0.1) is 5.57 Å². The van der Waals surface area contributed by atoms with Gasteiger partial charge in [0.2, 0.25) is 0 Å². The molecule has 0 saturated carbocycles. The summed E-state index contributed by atoms with van der Waals surface area (Å²) in [6, 6.07) is 4.33. The molecule has 0 fully saturated rings. The molecule has 0 bridgehead atoms. The highest BCUT2D eigenvalue weighted by Crippen LogP contribution is 2.32. The van der Waals surface area contributed by atoms with Crippen LogP contribution in [0.4, 0.5) is 10.1 Å². The van der Waals surface area contributed by atoms with E-state index in [1.165, 1.54) is 12.1 Å². The van der Waals surface area contributed by atoms with E-state index in [1.54, 1.807) is 12.3 Å². The molecule has 0 aliphatic carbocycles. The summed E-state index contributed by atoms with van der Waals surface area (Å²) in [6.07, 6.45) is 1.79. The SMILES string of the molecule is CCN(/C=C1/C(=O)Nc2ccc(F)cc21)CC. The van der Waals surface area contributed by atoms with Crippen molar-refractivity contribution >= 4 is 17.2 Å². The molecule has 1 aliphatic heterocycles. The third-order valence-corrected chi connectivity index (χ3v) is 2.89. The monoisotopic (exact) mass is 234 g/mol. The van der Waals surface area contributed by atoms with Crippen LogP contribution in [0, 0.1) is 5.82 Å². The fourth-order valence-corrected chi connectivity index (χ4v) is 1.88. The minimum Gasteiger partial charge on any atom is -0.377 e. The minimum absolute atomic E-state index is 0.169. The van der Waals surface area contributed by atoms with Gasteiger partial charge in [-0.05, 0) is 32.0 Å². The Bertz CT molecular complexity index is 478. The third-order valence-electron chi connectivity index (χ3n) is 2.89. The van der Waals surface area contributed by atoms with Crippen molar-refractivity contribution in [3.8, 4) is 0 Å². The van der Waals surface area contributed by atoms with Crippen molar-refractivity contribution in [2.45, 2.75) is 13.8 Å². The number of benzene rings is 1. The standard InChI is InChI=1S/C13H15FN2O/c1-3-16(4-2)8-11-10-7-9(14)5-6-12(10)15-13(11)17/h5-8H,3-4H2,1-2H3,(H,15,17)/b11-8+. The number of rotatable bonds is 3. The summed E-state index contributed by atoms with van der Waals surface area (Å²) >= 11 is 0. The van der Waals surface area contributed by atoms with Gasteiger partial charge in [-0.25, -0.2) is 4.39 Å². The Morgan fingerprint density at radius 3 is 2.71 bits per heavy atom. The van der Waals surface area contributed by atoms with E-state index in [0.29, 0.717) is 16.8 Å². The highest BCUT2D eigenvalue weighted by atomic mass is 19.1. The zero-order chi connectivity index (χ0) is 12.4. The van der Waals surface area contributed by atoms with Crippen molar-refractivity contribution in [2.75, 3.05) is 18.4 Å². The summed E-state index contributed by atoms with van der Waals surface area (Å²) in [6.45, 7) is 5.66. The largest absolute Gasteiger partial charge is 0.377 e. The van der Waals surface area contributed by atoms with Crippen molar-refractivity contribution in [1.29, 1.82) is 0 Å². The summed E-state index contributed by atoms with van der Waals surface area (Å²) in [4.78, 5) is 13.8. The third kappa shape index (κ3) is 2.16. The van der Waals surface area contributed by atoms with Gasteiger partial charge in [-0.2, -0.15) is 0 Å².